The number of hydrogen-bond donors (Lipinski definition) is 3. The van der Waals surface area contributed by atoms with Crippen LogP contribution in [0.15, 0.2) is 97.1 Å². The largest absolute Gasteiger partial charge is 0.508 e. The van der Waals surface area contributed by atoms with Crippen molar-refractivity contribution in [3.8, 4) is 11.5 Å². The van der Waals surface area contributed by atoms with Gasteiger partial charge in [0.25, 0.3) is 0 Å². The summed E-state index contributed by atoms with van der Waals surface area (Å²) < 4.78 is 0. The maximum absolute atomic E-state index is 12.2. The first-order valence-corrected chi connectivity index (χ1v) is 15.5. The smallest absolute Gasteiger partial charge is 0.328 e. The molecule has 0 radical (unpaired) electrons. The summed E-state index contributed by atoms with van der Waals surface area (Å²) >= 11 is 0. The van der Waals surface area contributed by atoms with Crippen molar-refractivity contribution in [1.29, 1.82) is 0 Å². The number of amides is 3. The minimum Gasteiger partial charge on any atom is -0.508 e. The molecule has 0 spiro atoms. The fourth-order valence-electron chi connectivity index (χ4n) is 6.18. The van der Waals surface area contributed by atoms with Crippen LogP contribution < -0.4 is 15.1 Å². The van der Waals surface area contributed by atoms with E-state index in [1.807, 2.05) is 36.4 Å². The van der Waals surface area contributed by atoms with Gasteiger partial charge < -0.3 is 15.1 Å². The lowest BCUT2D eigenvalue weighted by Gasteiger charge is -2.36. The third-order valence-electron chi connectivity index (χ3n) is 8.63. The van der Waals surface area contributed by atoms with E-state index in [0.29, 0.717) is 13.0 Å². The molecule has 4 aromatic rings. The molecule has 45 heavy (non-hydrogen) atoms. The van der Waals surface area contributed by atoms with Gasteiger partial charge in [-0.05, 0) is 88.4 Å². The number of imide groups is 1. The Kier molecular flexibility index (Phi) is 8.84. The van der Waals surface area contributed by atoms with Crippen molar-refractivity contribution in [2.24, 2.45) is 0 Å². The summed E-state index contributed by atoms with van der Waals surface area (Å²) in [5.74, 6) is 0.248. The molecule has 6 rings (SSSR count). The van der Waals surface area contributed by atoms with Crippen molar-refractivity contribution in [3.05, 3.63) is 119 Å². The van der Waals surface area contributed by atoms with E-state index < -0.39 is 0 Å². The van der Waals surface area contributed by atoms with Gasteiger partial charge in [0.1, 0.15) is 11.5 Å². The Hall–Kier alpha value is -5.08. The molecule has 2 fully saturated rings. The highest BCUT2D eigenvalue weighted by molar-refractivity contribution is 6.05. The predicted molar refractivity (Wildman–Crippen MR) is 178 cm³/mol. The van der Waals surface area contributed by atoms with Crippen molar-refractivity contribution in [3.63, 3.8) is 0 Å². The van der Waals surface area contributed by atoms with Gasteiger partial charge >= 0.3 is 6.03 Å². The molecule has 2 aliphatic rings. The Morgan fingerprint density at radius 1 is 0.667 bits per heavy atom. The molecule has 2 aliphatic heterocycles. The second-order valence-corrected chi connectivity index (χ2v) is 11.5. The van der Waals surface area contributed by atoms with Crippen LogP contribution in [-0.4, -0.2) is 59.8 Å². The number of carbonyl (C=O) groups is 2. The van der Waals surface area contributed by atoms with Gasteiger partial charge in [0.05, 0.1) is 0 Å². The molecule has 3 amide bonds. The number of hydrogen-bond acceptors (Lipinski definition) is 6. The third kappa shape index (κ3) is 6.86. The number of nitrogens with one attached hydrogen (secondary N) is 1. The highest BCUT2D eigenvalue weighted by atomic mass is 16.3. The van der Waals surface area contributed by atoms with Crippen molar-refractivity contribution < 1.29 is 19.8 Å². The van der Waals surface area contributed by atoms with E-state index >= 15 is 0 Å². The van der Waals surface area contributed by atoms with Gasteiger partial charge in [-0.1, -0.05) is 55.5 Å². The number of rotatable bonds is 8. The molecule has 0 aromatic heterocycles. The monoisotopic (exact) mass is 602 g/mol. The first-order chi connectivity index (χ1) is 21.9. The van der Waals surface area contributed by atoms with Crippen molar-refractivity contribution >= 4 is 34.5 Å². The third-order valence-corrected chi connectivity index (χ3v) is 8.63. The number of allylic oxidation sites excluding steroid dienone is 1. The van der Waals surface area contributed by atoms with Crippen LogP contribution in [0.2, 0.25) is 0 Å². The predicted octanol–water partition coefficient (Wildman–Crippen LogP) is 6.24. The maximum Gasteiger partial charge on any atom is 0.328 e. The van der Waals surface area contributed by atoms with Crippen LogP contribution in [0.4, 0.5) is 16.2 Å². The molecule has 2 saturated heterocycles. The van der Waals surface area contributed by atoms with Gasteiger partial charge in [-0.15, -0.1) is 0 Å². The summed E-state index contributed by atoms with van der Waals surface area (Å²) in [6.07, 6.45) is 1.12. The van der Waals surface area contributed by atoms with Crippen LogP contribution in [0.25, 0.3) is 11.1 Å². The second kappa shape index (κ2) is 13.3. The average Bonchev–Trinajstić information content (AvgIpc) is 3.06. The molecule has 8 nitrogen and oxygen atoms in total. The van der Waals surface area contributed by atoms with E-state index in [2.05, 4.69) is 58.4 Å². The van der Waals surface area contributed by atoms with Crippen molar-refractivity contribution in [1.82, 2.24) is 10.2 Å². The van der Waals surface area contributed by atoms with Crippen molar-refractivity contribution in [2.75, 3.05) is 42.5 Å². The summed E-state index contributed by atoms with van der Waals surface area (Å²) in [6.45, 7) is 7.12. The highest BCUT2D eigenvalue weighted by Gasteiger charge is 2.24. The van der Waals surface area contributed by atoms with E-state index in [1.165, 1.54) is 16.8 Å². The molecule has 2 heterocycles. The molecule has 0 atom stereocenters. The second-order valence-electron chi connectivity index (χ2n) is 11.5. The summed E-state index contributed by atoms with van der Waals surface area (Å²) in [6, 6.07) is 31.1. The SMILES string of the molecule is CCC(=C(c1ccc(O)cc1)c1ccc(N2CCN(Cc3ccc(N4CCC(=O)NC4=O)cc3)CC2)cc1)c1ccc(O)cc1. The average molecular weight is 603 g/mol. The van der Waals surface area contributed by atoms with Crippen LogP contribution in [-0.2, 0) is 11.3 Å². The summed E-state index contributed by atoms with van der Waals surface area (Å²) in [5, 5.41) is 22.2. The van der Waals surface area contributed by atoms with Crippen LogP contribution in [0.1, 0.15) is 42.0 Å². The van der Waals surface area contributed by atoms with E-state index in [4.69, 9.17) is 0 Å². The standard InChI is InChI=1S/C37H38N4O4/c1-2-34(27-7-15-32(42)16-8-27)36(29-9-17-33(43)18-10-29)28-5-13-30(14-6-28)40-23-21-39(22-24-40)25-26-3-11-31(12-4-26)41-20-19-35(44)38-37(41)45/h3-18,42-43H,2,19-25H2,1H3,(H,38,44,45). The maximum atomic E-state index is 12.2. The molecule has 8 heteroatoms. The van der Waals surface area contributed by atoms with Gasteiger partial charge in [0, 0.05) is 57.1 Å². The first-order valence-electron chi connectivity index (χ1n) is 15.5. The Bertz CT molecular complexity index is 1670. The zero-order valence-corrected chi connectivity index (χ0v) is 25.4. The molecule has 230 valence electrons. The normalized spacial score (nSPS) is 16.4. The lowest BCUT2D eigenvalue weighted by atomic mass is 9.88. The van der Waals surface area contributed by atoms with Gasteiger partial charge in [0.2, 0.25) is 5.91 Å². The Morgan fingerprint density at radius 3 is 1.76 bits per heavy atom. The first kappa shape index (κ1) is 30.0. The van der Waals surface area contributed by atoms with Gasteiger partial charge in [-0.25, -0.2) is 4.79 Å². The van der Waals surface area contributed by atoms with E-state index in [-0.39, 0.29) is 23.4 Å². The number of anilines is 2. The summed E-state index contributed by atoms with van der Waals surface area (Å²) in [5.41, 5.74) is 8.65. The number of aromatic hydroxyl groups is 2. The van der Waals surface area contributed by atoms with Gasteiger partial charge in [-0.3, -0.25) is 19.9 Å². The van der Waals surface area contributed by atoms with Gasteiger partial charge in [-0.2, -0.15) is 0 Å². The number of benzene rings is 4. The van der Waals surface area contributed by atoms with Crippen LogP contribution in [0.3, 0.4) is 0 Å². The van der Waals surface area contributed by atoms with Crippen molar-refractivity contribution in [2.45, 2.75) is 26.3 Å². The number of urea groups is 1. The Labute approximate surface area is 263 Å². The van der Waals surface area contributed by atoms with E-state index in [1.54, 1.807) is 29.2 Å². The Balaban J connectivity index is 1.13. The molecular weight excluding hydrogens is 564 g/mol. The minimum atomic E-state index is -0.362. The highest BCUT2D eigenvalue weighted by Crippen LogP contribution is 2.36. The molecule has 0 unspecified atom stereocenters. The topological polar surface area (TPSA) is 96.4 Å². The Morgan fingerprint density at radius 2 is 1.20 bits per heavy atom. The van der Waals surface area contributed by atoms with Crippen LogP contribution in [0.5, 0.6) is 11.5 Å². The van der Waals surface area contributed by atoms with Crippen LogP contribution >= 0.6 is 0 Å². The fourth-order valence-corrected chi connectivity index (χ4v) is 6.18. The van der Waals surface area contributed by atoms with Crippen LogP contribution in [0, 0.1) is 0 Å². The number of phenols is 2. The lowest BCUT2D eigenvalue weighted by Crippen LogP contribution is -2.49. The lowest BCUT2D eigenvalue weighted by molar-refractivity contribution is -0.120. The molecular formula is C37H38N4O4. The number of phenolic OH excluding ortho intramolecular Hbond substituents is 2. The molecule has 0 aliphatic carbocycles. The van der Waals surface area contributed by atoms with Gasteiger partial charge in [0.15, 0.2) is 0 Å². The number of nitrogens with zero attached hydrogens (tertiary/aromatic N) is 3. The number of carbonyl (C=O) groups excluding carboxylic acids is 2. The van der Waals surface area contributed by atoms with E-state index in [0.717, 1.165) is 67.1 Å². The quantitative estimate of drug-likeness (QED) is 0.207. The minimum absolute atomic E-state index is 0.227. The molecule has 3 N–H and O–H groups in total. The fraction of sp³-hybridized carbons (Fsp3) is 0.243. The number of piperazine rings is 1. The molecule has 4 aromatic carbocycles. The summed E-state index contributed by atoms with van der Waals surface area (Å²) in [7, 11) is 0. The molecule has 0 saturated carbocycles. The van der Waals surface area contributed by atoms with E-state index in [9.17, 15) is 19.8 Å². The zero-order chi connectivity index (χ0) is 31.3. The molecule has 0 bridgehead atoms. The zero-order valence-electron chi connectivity index (χ0n) is 25.4. The summed E-state index contributed by atoms with van der Waals surface area (Å²) in [4.78, 5) is 30.1.